The zero-order valence-corrected chi connectivity index (χ0v) is 18.5. The first-order valence-corrected chi connectivity index (χ1v) is 10.4. The van der Waals surface area contributed by atoms with Crippen LogP contribution >= 0.6 is 0 Å². The van der Waals surface area contributed by atoms with Crippen LogP contribution in [0.2, 0.25) is 0 Å². The van der Waals surface area contributed by atoms with E-state index in [-0.39, 0.29) is 6.04 Å². The van der Waals surface area contributed by atoms with E-state index in [1.807, 2.05) is 42.8 Å². The van der Waals surface area contributed by atoms with Crippen molar-refractivity contribution >= 4 is 23.1 Å². The van der Waals surface area contributed by atoms with E-state index in [1.165, 1.54) is 6.33 Å². The summed E-state index contributed by atoms with van der Waals surface area (Å²) in [6, 6.07) is 9.63. The molecule has 1 aliphatic heterocycles. The van der Waals surface area contributed by atoms with Gasteiger partial charge in [0.2, 0.25) is 0 Å². The number of benzene rings is 1. The molecule has 11 nitrogen and oxygen atoms in total. The SMILES string of the molecule is COc1c(Nc2cc(Nc3cc(C)nc(C)n3)ncn2)cccc1-c1ncn(C2COC2)n1. The van der Waals surface area contributed by atoms with Crippen LogP contribution in [0.1, 0.15) is 17.6 Å². The highest BCUT2D eigenvalue weighted by atomic mass is 16.5. The van der Waals surface area contributed by atoms with Crippen molar-refractivity contribution < 1.29 is 9.47 Å². The van der Waals surface area contributed by atoms with Gasteiger partial charge in [0.15, 0.2) is 11.6 Å². The van der Waals surface area contributed by atoms with Gasteiger partial charge in [0, 0.05) is 17.8 Å². The zero-order valence-electron chi connectivity index (χ0n) is 18.5. The third-order valence-corrected chi connectivity index (χ3v) is 5.12. The number of rotatable bonds is 7. The number of hydrogen-bond donors (Lipinski definition) is 2. The van der Waals surface area contributed by atoms with Gasteiger partial charge in [-0.1, -0.05) is 6.07 Å². The van der Waals surface area contributed by atoms with E-state index in [2.05, 4.69) is 40.7 Å². The van der Waals surface area contributed by atoms with E-state index < -0.39 is 0 Å². The Morgan fingerprint density at radius 3 is 2.55 bits per heavy atom. The highest BCUT2D eigenvalue weighted by molar-refractivity contribution is 5.77. The number of nitrogens with zero attached hydrogens (tertiary/aromatic N) is 7. The number of aromatic nitrogens is 7. The molecule has 11 heteroatoms. The molecule has 0 radical (unpaired) electrons. The van der Waals surface area contributed by atoms with E-state index in [0.717, 1.165) is 16.9 Å². The molecule has 4 aromatic rings. The fraction of sp³-hybridized carbons (Fsp3) is 0.273. The van der Waals surface area contributed by atoms with Gasteiger partial charge in [0.1, 0.15) is 42.0 Å². The van der Waals surface area contributed by atoms with Crippen LogP contribution in [-0.4, -0.2) is 55.0 Å². The van der Waals surface area contributed by atoms with Crippen molar-refractivity contribution in [2.45, 2.75) is 19.9 Å². The van der Waals surface area contributed by atoms with Crippen LogP contribution in [0.15, 0.2) is 43.0 Å². The van der Waals surface area contributed by atoms with E-state index in [9.17, 15) is 0 Å². The molecule has 0 bridgehead atoms. The minimum Gasteiger partial charge on any atom is -0.494 e. The topological polar surface area (TPSA) is 125 Å². The number of para-hydroxylation sites is 1. The summed E-state index contributed by atoms with van der Waals surface area (Å²) < 4.78 is 12.8. The van der Waals surface area contributed by atoms with Crippen LogP contribution in [0.3, 0.4) is 0 Å². The van der Waals surface area contributed by atoms with Gasteiger partial charge in [0.05, 0.1) is 31.6 Å². The Hall–Kier alpha value is -4.12. The molecule has 0 unspecified atom stereocenters. The van der Waals surface area contributed by atoms with Gasteiger partial charge in [-0.2, -0.15) is 5.10 Å². The minimum absolute atomic E-state index is 0.230. The van der Waals surface area contributed by atoms with Crippen LogP contribution in [0, 0.1) is 13.8 Å². The van der Waals surface area contributed by atoms with Crippen molar-refractivity contribution in [2.75, 3.05) is 31.0 Å². The molecular formula is C22H23N9O2. The molecule has 1 aromatic carbocycles. The van der Waals surface area contributed by atoms with Crippen molar-refractivity contribution in [1.29, 1.82) is 0 Å². The molecule has 168 valence electrons. The predicted octanol–water partition coefficient (Wildman–Crippen LogP) is 3.21. The maximum Gasteiger partial charge on any atom is 0.184 e. The van der Waals surface area contributed by atoms with Gasteiger partial charge in [-0.3, -0.25) is 0 Å². The average molecular weight is 445 g/mol. The molecule has 0 atom stereocenters. The molecule has 33 heavy (non-hydrogen) atoms. The van der Waals surface area contributed by atoms with Crippen LogP contribution in [0.5, 0.6) is 5.75 Å². The number of aryl methyl sites for hydroxylation is 2. The monoisotopic (exact) mass is 445 g/mol. The summed E-state index contributed by atoms with van der Waals surface area (Å²) in [5.41, 5.74) is 2.39. The van der Waals surface area contributed by atoms with Crippen molar-refractivity contribution in [3.63, 3.8) is 0 Å². The lowest BCUT2D eigenvalue weighted by molar-refractivity contribution is -0.0287. The first-order chi connectivity index (χ1) is 16.1. The first kappa shape index (κ1) is 20.8. The summed E-state index contributed by atoms with van der Waals surface area (Å²) in [5.74, 6) is 3.76. The molecule has 1 aliphatic rings. The maximum absolute atomic E-state index is 5.71. The maximum atomic E-state index is 5.71. The molecule has 0 saturated carbocycles. The molecule has 5 rings (SSSR count). The molecule has 1 fully saturated rings. The largest absolute Gasteiger partial charge is 0.494 e. The number of anilines is 4. The van der Waals surface area contributed by atoms with Gasteiger partial charge in [-0.25, -0.2) is 29.6 Å². The second kappa shape index (κ2) is 8.79. The lowest BCUT2D eigenvalue weighted by Crippen LogP contribution is -2.30. The first-order valence-electron chi connectivity index (χ1n) is 10.4. The minimum atomic E-state index is 0.230. The van der Waals surface area contributed by atoms with Crippen molar-refractivity contribution in [3.05, 3.63) is 54.5 Å². The Bertz CT molecular complexity index is 1270. The molecule has 1 saturated heterocycles. The van der Waals surface area contributed by atoms with Gasteiger partial charge >= 0.3 is 0 Å². The number of ether oxygens (including phenoxy) is 2. The number of nitrogens with one attached hydrogen (secondary N) is 2. The van der Waals surface area contributed by atoms with E-state index in [4.69, 9.17) is 9.47 Å². The van der Waals surface area contributed by atoms with Gasteiger partial charge in [0.25, 0.3) is 0 Å². The van der Waals surface area contributed by atoms with Gasteiger partial charge < -0.3 is 20.1 Å². The van der Waals surface area contributed by atoms with E-state index in [0.29, 0.717) is 48.1 Å². The Morgan fingerprint density at radius 1 is 1.00 bits per heavy atom. The van der Waals surface area contributed by atoms with Crippen molar-refractivity contribution in [2.24, 2.45) is 0 Å². The highest BCUT2D eigenvalue weighted by Crippen LogP contribution is 2.36. The average Bonchev–Trinajstić information content (AvgIpc) is 3.21. The smallest absolute Gasteiger partial charge is 0.184 e. The summed E-state index contributed by atoms with van der Waals surface area (Å²) in [6.45, 7) is 5.08. The molecule has 4 heterocycles. The van der Waals surface area contributed by atoms with E-state index >= 15 is 0 Å². The second-order valence-corrected chi connectivity index (χ2v) is 7.61. The third kappa shape index (κ3) is 4.44. The molecule has 3 aromatic heterocycles. The Balaban J connectivity index is 1.39. The Kier molecular flexibility index (Phi) is 5.53. The summed E-state index contributed by atoms with van der Waals surface area (Å²) in [5, 5.41) is 11.1. The van der Waals surface area contributed by atoms with Gasteiger partial charge in [-0.05, 0) is 26.0 Å². The summed E-state index contributed by atoms with van der Waals surface area (Å²) in [6.07, 6.45) is 3.20. The predicted molar refractivity (Wildman–Crippen MR) is 122 cm³/mol. The Morgan fingerprint density at radius 2 is 1.82 bits per heavy atom. The molecule has 2 N–H and O–H groups in total. The quantitative estimate of drug-likeness (QED) is 0.438. The molecule has 0 aliphatic carbocycles. The van der Waals surface area contributed by atoms with Crippen LogP contribution in [0.4, 0.5) is 23.1 Å². The standard InChI is InChI=1S/C22H23N9O2/c1-13-7-20(27-14(2)26-13)29-19-8-18(23-11-24-19)28-17-6-4-5-16(21(17)32-3)22-25-12-31(30-22)15-9-33-10-15/h4-8,11-12,15H,9-10H2,1-3H3,(H2,23,24,26,27,28,29). The lowest BCUT2D eigenvalue weighted by atomic mass is 10.1. The Labute approximate surface area is 190 Å². The van der Waals surface area contributed by atoms with Crippen LogP contribution in [0.25, 0.3) is 11.4 Å². The molecule has 0 spiro atoms. The van der Waals surface area contributed by atoms with Crippen LogP contribution in [-0.2, 0) is 4.74 Å². The fourth-order valence-electron chi connectivity index (χ4n) is 3.53. The van der Waals surface area contributed by atoms with Gasteiger partial charge in [-0.15, -0.1) is 0 Å². The summed E-state index contributed by atoms with van der Waals surface area (Å²) >= 11 is 0. The number of hydrogen-bond acceptors (Lipinski definition) is 10. The second-order valence-electron chi connectivity index (χ2n) is 7.61. The van der Waals surface area contributed by atoms with Crippen molar-refractivity contribution in [1.82, 2.24) is 34.7 Å². The molecule has 0 amide bonds. The molecular weight excluding hydrogens is 422 g/mol. The lowest BCUT2D eigenvalue weighted by Gasteiger charge is -2.25. The summed E-state index contributed by atoms with van der Waals surface area (Å²) in [4.78, 5) is 21.8. The van der Waals surface area contributed by atoms with E-state index in [1.54, 1.807) is 19.5 Å². The zero-order chi connectivity index (χ0) is 22.8. The fourth-order valence-corrected chi connectivity index (χ4v) is 3.53. The normalized spacial score (nSPS) is 13.4. The third-order valence-electron chi connectivity index (χ3n) is 5.12. The highest BCUT2D eigenvalue weighted by Gasteiger charge is 2.23. The summed E-state index contributed by atoms with van der Waals surface area (Å²) in [7, 11) is 1.62. The number of methoxy groups -OCH3 is 1. The van der Waals surface area contributed by atoms with Crippen LogP contribution < -0.4 is 15.4 Å². The van der Waals surface area contributed by atoms with Crippen molar-refractivity contribution in [3.8, 4) is 17.1 Å².